The zero-order valence-electron chi connectivity index (χ0n) is 16.1. The number of rotatable bonds is 8. The van der Waals surface area contributed by atoms with E-state index in [2.05, 4.69) is 10.4 Å². The highest BCUT2D eigenvalue weighted by Crippen LogP contribution is 2.23. The van der Waals surface area contributed by atoms with Crippen molar-refractivity contribution in [2.45, 2.75) is 24.5 Å². The number of aromatic nitrogens is 2. The van der Waals surface area contributed by atoms with Gasteiger partial charge in [0, 0.05) is 28.5 Å². The largest absolute Gasteiger partial charge is 0.472 e. The van der Waals surface area contributed by atoms with E-state index in [0.29, 0.717) is 10.2 Å². The smallest absolute Gasteiger partial charge is 0.333 e. The van der Waals surface area contributed by atoms with Gasteiger partial charge in [-0.25, -0.2) is 22.6 Å². The van der Waals surface area contributed by atoms with Crippen LogP contribution in [0, 0.1) is 5.82 Å². The lowest BCUT2D eigenvalue weighted by atomic mass is 10.1. The van der Waals surface area contributed by atoms with Crippen LogP contribution in [0.5, 0.6) is 5.88 Å². The lowest BCUT2D eigenvalue weighted by Crippen LogP contribution is -2.18. The molecule has 0 atom stereocenters. The second kappa shape index (κ2) is 9.59. The maximum absolute atomic E-state index is 13.1. The van der Waals surface area contributed by atoms with Gasteiger partial charge in [0.15, 0.2) is 0 Å². The minimum atomic E-state index is -4.21. The molecule has 0 bridgehead atoms. The quantitative estimate of drug-likeness (QED) is 0.503. The van der Waals surface area contributed by atoms with E-state index in [9.17, 15) is 26.4 Å². The number of primary sulfonamides is 1. The van der Waals surface area contributed by atoms with Crippen molar-refractivity contribution in [3.8, 4) is 5.88 Å². The Morgan fingerprint density at radius 2 is 1.91 bits per heavy atom. The van der Waals surface area contributed by atoms with Crippen molar-refractivity contribution in [1.82, 2.24) is 9.78 Å². The third-order valence-electron chi connectivity index (χ3n) is 4.18. The van der Waals surface area contributed by atoms with Gasteiger partial charge < -0.3 is 10.1 Å². The van der Waals surface area contributed by atoms with E-state index in [0.717, 1.165) is 24.4 Å². The van der Waals surface area contributed by atoms with Crippen LogP contribution in [0.3, 0.4) is 0 Å². The molecule has 2 aromatic carbocycles. The minimum absolute atomic E-state index is 0.0761. The highest BCUT2D eigenvalue weighted by Gasteiger charge is 2.18. The van der Waals surface area contributed by atoms with Gasteiger partial charge in [-0.1, -0.05) is 23.7 Å². The fraction of sp³-hybridized carbons (Fsp3) is 0.158. The highest BCUT2D eigenvalue weighted by atomic mass is 35.5. The molecule has 0 aliphatic rings. The molecule has 3 aromatic rings. The van der Waals surface area contributed by atoms with E-state index in [4.69, 9.17) is 21.5 Å². The number of carbonyl (C=O) groups is 1. The molecule has 0 aliphatic heterocycles. The number of hydrogen-bond donors (Lipinski definition) is 2. The van der Waals surface area contributed by atoms with Gasteiger partial charge in [-0.15, -0.1) is 5.10 Å². The number of nitrogens with one attached hydrogen (secondary N) is 1. The van der Waals surface area contributed by atoms with Crippen LogP contribution in [0.4, 0.5) is 18.9 Å². The molecule has 0 fully saturated rings. The van der Waals surface area contributed by atoms with Gasteiger partial charge in [-0.3, -0.25) is 4.79 Å². The average molecular weight is 489 g/mol. The Balaban J connectivity index is 1.74. The van der Waals surface area contributed by atoms with Crippen molar-refractivity contribution >= 4 is 33.2 Å². The van der Waals surface area contributed by atoms with Crippen LogP contribution in [0.25, 0.3) is 0 Å². The molecular formula is C19H16ClF3N4O4S. The first-order valence-electron chi connectivity index (χ1n) is 8.88. The minimum Gasteiger partial charge on any atom is -0.472 e. The van der Waals surface area contributed by atoms with E-state index in [1.807, 2.05) is 0 Å². The molecule has 8 nitrogen and oxygen atoms in total. The molecule has 0 saturated carbocycles. The molecular weight excluding hydrogens is 473 g/mol. The monoisotopic (exact) mass is 488 g/mol. The molecule has 170 valence electrons. The highest BCUT2D eigenvalue weighted by molar-refractivity contribution is 7.89. The summed E-state index contributed by atoms with van der Waals surface area (Å²) >= 11 is 5.91. The van der Waals surface area contributed by atoms with Gasteiger partial charge in [-0.2, -0.15) is 8.78 Å². The third-order valence-corrected chi connectivity index (χ3v) is 5.53. The summed E-state index contributed by atoms with van der Waals surface area (Å²) in [5.41, 5.74) is 0.632. The molecule has 0 unspecified atom stereocenters. The zero-order valence-corrected chi connectivity index (χ0v) is 17.7. The van der Waals surface area contributed by atoms with Crippen LogP contribution in [-0.2, 0) is 27.8 Å². The fourth-order valence-electron chi connectivity index (χ4n) is 2.72. The molecule has 3 rings (SSSR count). The van der Waals surface area contributed by atoms with Crippen LogP contribution < -0.4 is 15.2 Å². The van der Waals surface area contributed by atoms with Gasteiger partial charge >= 0.3 is 6.55 Å². The summed E-state index contributed by atoms with van der Waals surface area (Å²) in [5.74, 6) is -1.21. The van der Waals surface area contributed by atoms with Crippen molar-refractivity contribution in [2.24, 2.45) is 5.14 Å². The van der Waals surface area contributed by atoms with Crippen LogP contribution in [0.1, 0.15) is 17.7 Å². The average Bonchev–Trinajstić information content (AvgIpc) is 3.18. The predicted octanol–water partition coefficient (Wildman–Crippen LogP) is 3.48. The lowest BCUT2D eigenvalue weighted by molar-refractivity contribution is -0.115. The first kappa shape index (κ1) is 23.6. The van der Waals surface area contributed by atoms with Crippen molar-refractivity contribution < 1.29 is 31.1 Å². The summed E-state index contributed by atoms with van der Waals surface area (Å²) in [6, 6.07) is 8.69. The molecule has 0 spiro atoms. The molecule has 32 heavy (non-hydrogen) atoms. The molecule has 13 heteroatoms. The molecule has 0 saturated heterocycles. The van der Waals surface area contributed by atoms with E-state index in [-0.39, 0.29) is 40.1 Å². The summed E-state index contributed by atoms with van der Waals surface area (Å²) in [4.78, 5) is 12.0. The number of benzene rings is 2. The predicted molar refractivity (Wildman–Crippen MR) is 109 cm³/mol. The normalized spacial score (nSPS) is 11.6. The Morgan fingerprint density at radius 1 is 1.19 bits per heavy atom. The number of sulfonamides is 1. The van der Waals surface area contributed by atoms with Crippen molar-refractivity contribution in [2.75, 3.05) is 5.32 Å². The van der Waals surface area contributed by atoms with Crippen LogP contribution in [0.15, 0.2) is 53.6 Å². The number of nitrogens with zero attached hydrogens (tertiary/aromatic N) is 2. The molecule has 0 aliphatic carbocycles. The maximum atomic E-state index is 13.1. The Bertz CT molecular complexity index is 1250. The number of ether oxygens (including phenoxy) is 1. The first-order chi connectivity index (χ1) is 15.0. The van der Waals surface area contributed by atoms with Gasteiger partial charge in [0.05, 0.1) is 11.3 Å². The third kappa shape index (κ3) is 5.99. The van der Waals surface area contributed by atoms with Gasteiger partial charge in [0.1, 0.15) is 12.4 Å². The summed E-state index contributed by atoms with van der Waals surface area (Å²) in [5, 5.41) is 11.3. The van der Waals surface area contributed by atoms with E-state index in [1.165, 1.54) is 24.3 Å². The first-order valence-corrected chi connectivity index (χ1v) is 10.8. The number of amides is 1. The standard InChI is InChI=1S/C19H16ClF3N4O4S/c20-15-8-13(21)3-1-11(15)7-17(28)25-14-4-2-12(16(9-14)32(24,29)30)10-31-18-5-6-27(26-18)19(22)23/h1-6,8-9,19H,7,10H2,(H,25,28)(H2,24,29,30). The lowest BCUT2D eigenvalue weighted by Gasteiger charge is -2.12. The van der Waals surface area contributed by atoms with E-state index >= 15 is 0 Å². The van der Waals surface area contributed by atoms with Crippen LogP contribution in [0.2, 0.25) is 5.02 Å². The molecule has 3 N–H and O–H groups in total. The fourth-order valence-corrected chi connectivity index (χ4v) is 3.74. The van der Waals surface area contributed by atoms with Crippen LogP contribution in [-0.4, -0.2) is 24.1 Å². The molecule has 0 radical (unpaired) electrons. The van der Waals surface area contributed by atoms with Crippen molar-refractivity contribution in [1.29, 1.82) is 0 Å². The Hall–Kier alpha value is -3.09. The van der Waals surface area contributed by atoms with E-state index < -0.39 is 28.3 Å². The van der Waals surface area contributed by atoms with Gasteiger partial charge in [0.2, 0.25) is 21.8 Å². The topological polar surface area (TPSA) is 116 Å². The number of nitrogens with two attached hydrogens (primary N) is 1. The summed E-state index contributed by atoms with van der Waals surface area (Å²) in [6.07, 6.45) is 0.827. The number of hydrogen-bond acceptors (Lipinski definition) is 5. The Labute approximate surface area is 185 Å². The second-order valence-electron chi connectivity index (χ2n) is 6.53. The maximum Gasteiger partial charge on any atom is 0.333 e. The van der Waals surface area contributed by atoms with Crippen molar-refractivity contribution in [3.63, 3.8) is 0 Å². The summed E-state index contributed by atoms with van der Waals surface area (Å²) < 4.78 is 67.9. The molecule has 1 aromatic heterocycles. The van der Waals surface area contributed by atoms with Gasteiger partial charge in [-0.05, 0) is 29.8 Å². The molecule has 1 amide bonds. The van der Waals surface area contributed by atoms with Crippen molar-refractivity contribution in [3.05, 3.63) is 70.6 Å². The zero-order chi connectivity index (χ0) is 23.5. The SMILES string of the molecule is NS(=O)(=O)c1cc(NC(=O)Cc2ccc(F)cc2Cl)ccc1COc1ccn(C(F)F)n1. The van der Waals surface area contributed by atoms with E-state index in [1.54, 1.807) is 0 Å². The number of alkyl halides is 2. The Kier molecular flexibility index (Phi) is 7.06. The summed E-state index contributed by atoms with van der Waals surface area (Å²) in [6.45, 7) is -3.18. The number of carbonyl (C=O) groups excluding carboxylic acids is 1. The van der Waals surface area contributed by atoms with Crippen LogP contribution >= 0.6 is 11.6 Å². The second-order valence-corrected chi connectivity index (χ2v) is 8.47. The summed E-state index contributed by atoms with van der Waals surface area (Å²) in [7, 11) is -4.21. The Morgan fingerprint density at radius 3 is 2.53 bits per heavy atom. The molecule has 1 heterocycles. The number of anilines is 1. The number of halogens is 4. The van der Waals surface area contributed by atoms with Gasteiger partial charge in [0.25, 0.3) is 0 Å².